The molecular formula is C19H20F2N4O3. The van der Waals surface area contributed by atoms with E-state index in [1.54, 1.807) is 9.47 Å². The average molecular weight is 390 g/mol. The smallest absolute Gasteiger partial charge is 0.290 e. The molecule has 2 aromatic rings. The average Bonchev–Trinajstić information content (AvgIpc) is 3.10. The van der Waals surface area contributed by atoms with Gasteiger partial charge in [0.05, 0.1) is 24.6 Å². The molecule has 1 N–H and O–H groups in total. The van der Waals surface area contributed by atoms with E-state index in [2.05, 4.69) is 10.3 Å². The molecule has 0 atom stereocenters. The molecule has 9 heteroatoms. The lowest BCUT2D eigenvalue weighted by Crippen LogP contribution is -2.42. The number of hydrogen-bond acceptors (Lipinski definition) is 4. The van der Waals surface area contributed by atoms with Gasteiger partial charge in [0.2, 0.25) is 0 Å². The molecule has 1 fully saturated rings. The maximum absolute atomic E-state index is 13.9. The zero-order chi connectivity index (χ0) is 19.7. The van der Waals surface area contributed by atoms with E-state index in [0.29, 0.717) is 51.0 Å². The maximum Gasteiger partial charge on any atom is 0.290 e. The number of halogens is 2. The van der Waals surface area contributed by atoms with Crippen LogP contribution in [-0.2, 0) is 17.7 Å². The minimum Gasteiger partial charge on any atom is -0.378 e. The molecule has 0 unspecified atom stereocenters. The predicted molar refractivity (Wildman–Crippen MR) is 96.2 cm³/mol. The quantitative estimate of drug-likeness (QED) is 0.872. The van der Waals surface area contributed by atoms with Gasteiger partial charge in [0.1, 0.15) is 11.6 Å². The molecule has 148 valence electrons. The third kappa shape index (κ3) is 3.49. The van der Waals surface area contributed by atoms with Gasteiger partial charge in [-0.1, -0.05) is 0 Å². The van der Waals surface area contributed by atoms with Crippen molar-refractivity contribution in [1.29, 1.82) is 0 Å². The Hall–Kier alpha value is -2.81. The molecule has 0 bridgehead atoms. The topological polar surface area (TPSA) is 76.5 Å². The van der Waals surface area contributed by atoms with Crippen molar-refractivity contribution >= 4 is 17.5 Å². The molecule has 0 aliphatic carbocycles. The van der Waals surface area contributed by atoms with E-state index < -0.39 is 17.5 Å². The zero-order valence-electron chi connectivity index (χ0n) is 15.2. The first-order valence-electron chi connectivity index (χ1n) is 9.27. The van der Waals surface area contributed by atoms with Gasteiger partial charge in [-0.15, -0.1) is 0 Å². The molecule has 1 aromatic carbocycles. The van der Waals surface area contributed by atoms with E-state index in [1.807, 2.05) is 0 Å². The predicted octanol–water partition coefficient (Wildman–Crippen LogP) is 2.22. The number of rotatable bonds is 3. The summed E-state index contributed by atoms with van der Waals surface area (Å²) in [6, 6.07) is 2.92. The Morgan fingerprint density at radius 3 is 2.64 bits per heavy atom. The van der Waals surface area contributed by atoms with E-state index in [4.69, 9.17) is 4.74 Å². The largest absolute Gasteiger partial charge is 0.378 e. The van der Waals surface area contributed by atoms with Gasteiger partial charge in [-0.25, -0.2) is 13.8 Å². The molecular weight excluding hydrogens is 370 g/mol. The third-order valence-electron chi connectivity index (χ3n) is 5.00. The molecule has 3 heterocycles. The number of nitrogens with one attached hydrogen (secondary N) is 1. The second-order valence-electron chi connectivity index (χ2n) is 6.82. The molecule has 0 radical (unpaired) electrons. The number of morpholine rings is 1. The van der Waals surface area contributed by atoms with Crippen molar-refractivity contribution in [2.75, 3.05) is 31.6 Å². The van der Waals surface area contributed by atoms with E-state index >= 15 is 0 Å². The van der Waals surface area contributed by atoms with Crippen LogP contribution in [0.3, 0.4) is 0 Å². The number of aromatic nitrogens is 2. The second kappa shape index (κ2) is 7.67. The summed E-state index contributed by atoms with van der Waals surface area (Å²) in [6.45, 7) is 2.49. The molecule has 1 saturated heterocycles. The summed E-state index contributed by atoms with van der Waals surface area (Å²) in [5, 5.41) is 2.43. The van der Waals surface area contributed by atoms with Crippen LogP contribution in [0.2, 0.25) is 0 Å². The Kier molecular flexibility index (Phi) is 5.08. The van der Waals surface area contributed by atoms with Crippen LogP contribution >= 0.6 is 0 Å². The van der Waals surface area contributed by atoms with Crippen molar-refractivity contribution in [3.63, 3.8) is 0 Å². The summed E-state index contributed by atoms with van der Waals surface area (Å²) in [6.07, 6.45) is 2.38. The Morgan fingerprint density at radius 1 is 1.11 bits per heavy atom. The molecule has 2 aliphatic rings. The summed E-state index contributed by atoms with van der Waals surface area (Å²) < 4.78 is 34.0. The molecule has 28 heavy (non-hydrogen) atoms. The third-order valence-corrected chi connectivity index (χ3v) is 5.00. The number of imidazole rings is 1. The molecule has 7 nitrogen and oxygen atoms in total. The summed E-state index contributed by atoms with van der Waals surface area (Å²) >= 11 is 0. The molecule has 0 spiro atoms. The highest BCUT2D eigenvalue weighted by molar-refractivity contribution is 6.05. The van der Waals surface area contributed by atoms with Crippen molar-refractivity contribution < 1.29 is 23.1 Å². The number of fused-ring (bicyclic) bond motifs is 1. The first-order chi connectivity index (χ1) is 13.5. The van der Waals surface area contributed by atoms with Crippen LogP contribution < -0.4 is 5.32 Å². The van der Waals surface area contributed by atoms with Gasteiger partial charge in [-0.2, -0.15) is 0 Å². The summed E-state index contributed by atoms with van der Waals surface area (Å²) in [5.41, 5.74) is 0.646. The fraction of sp³-hybridized carbons (Fsp3) is 0.421. The minimum absolute atomic E-state index is 0.111. The molecule has 2 amide bonds. The van der Waals surface area contributed by atoms with Crippen molar-refractivity contribution in [3.8, 4) is 0 Å². The van der Waals surface area contributed by atoms with Gasteiger partial charge >= 0.3 is 0 Å². The van der Waals surface area contributed by atoms with E-state index in [-0.39, 0.29) is 23.1 Å². The second-order valence-corrected chi connectivity index (χ2v) is 6.82. The van der Waals surface area contributed by atoms with Crippen LogP contribution in [0, 0.1) is 11.6 Å². The monoisotopic (exact) mass is 390 g/mol. The number of carbonyl (C=O) groups is 2. The Balaban J connectivity index is 1.64. The fourth-order valence-corrected chi connectivity index (χ4v) is 3.57. The summed E-state index contributed by atoms with van der Waals surface area (Å²) in [4.78, 5) is 31.6. The van der Waals surface area contributed by atoms with E-state index in [9.17, 15) is 18.4 Å². The van der Waals surface area contributed by atoms with Crippen LogP contribution in [0.15, 0.2) is 18.2 Å². The Labute approximate surface area is 160 Å². The van der Waals surface area contributed by atoms with Crippen molar-refractivity contribution in [3.05, 3.63) is 47.0 Å². The first kappa shape index (κ1) is 18.5. The van der Waals surface area contributed by atoms with Gasteiger partial charge in [-0.05, 0) is 31.4 Å². The Bertz CT molecular complexity index is 922. The first-order valence-corrected chi connectivity index (χ1v) is 9.27. The van der Waals surface area contributed by atoms with Crippen molar-refractivity contribution in [2.45, 2.75) is 25.8 Å². The number of amides is 2. The van der Waals surface area contributed by atoms with Crippen LogP contribution in [0.25, 0.3) is 0 Å². The van der Waals surface area contributed by atoms with Crippen LogP contribution in [0.5, 0.6) is 0 Å². The van der Waals surface area contributed by atoms with Gasteiger partial charge in [0.25, 0.3) is 11.8 Å². The normalized spacial score (nSPS) is 16.6. The molecule has 4 rings (SSSR count). The number of nitrogens with zero attached hydrogens (tertiary/aromatic N) is 3. The lowest BCUT2D eigenvalue weighted by molar-refractivity contribution is 0.0291. The van der Waals surface area contributed by atoms with Crippen LogP contribution in [-0.4, -0.2) is 52.6 Å². The number of anilines is 1. The van der Waals surface area contributed by atoms with Crippen LogP contribution in [0.4, 0.5) is 14.5 Å². The van der Waals surface area contributed by atoms with Crippen molar-refractivity contribution in [1.82, 2.24) is 14.5 Å². The highest BCUT2D eigenvalue weighted by atomic mass is 19.1. The Morgan fingerprint density at radius 2 is 1.89 bits per heavy atom. The van der Waals surface area contributed by atoms with Gasteiger partial charge in [0, 0.05) is 25.7 Å². The minimum atomic E-state index is -0.869. The molecule has 2 aliphatic heterocycles. The lowest BCUT2D eigenvalue weighted by atomic mass is 10.1. The van der Waals surface area contributed by atoms with Gasteiger partial charge in [-0.3, -0.25) is 9.59 Å². The van der Waals surface area contributed by atoms with Crippen molar-refractivity contribution in [2.24, 2.45) is 0 Å². The summed E-state index contributed by atoms with van der Waals surface area (Å²) in [5.74, 6) is -2.23. The molecule has 1 aromatic heterocycles. The maximum atomic E-state index is 13.9. The molecule has 0 saturated carbocycles. The zero-order valence-corrected chi connectivity index (χ0v) is 15.2. The van der Waals surface area contributed by atoms with Crippen LogP contribution in [0.1, 0.15) is 39.6 Å². The highest BCUT2D eigenvalue weighted by Gasteiger charge is 2.30. The standard InChI is InChI=1S/C19H20F2N4O3/c20-12-4-5-14(13(21)11-12)22-18(26)16-15-3-1-2-6-25(15)17(23-16)19(27)24-7-9-28-10-8-24/h4-5,11H,1-3,6-10H2,(H,22,26). The van der Waals surface area contributed by atoms with E-state index in [0.717, 1.165) is 25.0 Å². The van der Waals surface area contributed by atoms with E-state index in [1.165, 1.54) is 0 Å². The number of carbonyl (C=O) groups excluding carboxylic acids is 2. The number of benzene rings is 1. The lowest BCUT2D eigenvalue weighted by Gasteiger charge is -2.27. The highest BCUT2D eigenvalue weighted by Crippen LogP contribution is 2.24. The summed E-state index contributed by atoms with van der Waals surface area (Å²) in [7, 11) is 0. The SMILES string of the molecule is O=C(Nc1ccc(F)cc1F)c1nc(C(=O)N2CCOCC2)n2c1CCCC2. The van der Waals surface area contributed by atoms with Gasteiger partial charge in [0.15, 0.2) is 11.5 Å². The number of ether oxygens (including phenoxy) is 1. The number of hydrogen-bond donors (Lipinski definition) is 1. The van der Waals surface area contributed by atoms with Gasteiger partial charge < -0.3 is 19.5 Å². The fourth-order valence-electron chi connectivity index (χ4n) is 3.57.